The Hall–Kier alpha value is -1.65. The molecule has 7 heteroatoms. The summed E-state index contributed by atoms with van der Waals surface area (Å²) in [6.45, 7) is 0. The number of halogens is 3. The zero-order valence-corrected chi connectivity index (χ0v) is 9.48. The molecule has 1 rings (SSSR count). The van der Waals surface area contributed by atoms with Crippen LogP contribution in [0.5, 0.6) is 0 Å². The fraction of sp³-hybridized carbons (Fsp3) is 0.455. The number of hydrogen-bond donors (Lipinski definition) is 1. The van der Waals surface area contributed by atoms with E-state index in [2.05, 4.69) is 4.98 Å². The molecule has 0 amide bonds. The van der Waals surface area contributed by atoms with Crippen molar-refractivity contribution in [3.63, 3.8) is 0 Å². The second kappa shape index (κ2) is 5.80. The predicted molar refractivity (Wildman–Crippen MR) is 55.4 cm³/mol. The number of hydrogen-bond acceptors (Lipinski definition) is 4. The van der Waals surface area contributed by atoms with Gasteiger partial charge in [0, 0.05) is 19.7 Å². The van der Waals surface area contributed by atoms with Crippen LogP contribution in [0.1, 0.15) is 23.8 Å². The van der Waals surface area contributed by atoms with Crippen molar-refractivity contribution in [1.82, 2.24) is 4.98 Å². The van der Waals surface area contributed by atoms with Crippen LogP contribution < -0.4 is 0 Å². The van der Waals surface area contributed by atoms with Crippen LogP contribution in [-0.2, 0) is 4.74 Å². The molecule has 2 atom stereocenters. The fourth-order valence-corrected chi connectivity index (χ4v) is 1.41. The van der Waals surface area contributed by atoms with Gasteiger partial charge in [-0.2, -0.15) is 18.4 Å². The smallest absolute Gasteiger partial charge is 0.384 e. The van der Waals surface area contributed by atoms with Crippen LogP contribution in [0.3, 0.4) is 0 Å². The van der Waals surface area contributed by atoms with E-state index in [1.165, 1.54) is 25.4 Å². The molecule has 0 aliphatic rings. The number of nitrogens with zero attached hydrogens (tertiary/aromatic N) is 2. The highest BCUT2D eigenvalue weighted by atomic mass is 19.4. The summed E-state index contributed by atoms with van der Waals surface area (Å²) in [6, 6.07) is 4.55. The van der Waals surface area contributed by atoms with Gasteiger partial charge in [0.2, 0.25) is 0 Å². The van der Waals surface area contributed by atoms with Crippen molar-refractivity contribution >= 4 is 0 Å². The average molecular weight is 260 g/mol. The molecule has 0 aromatic carbocycles. The second-order valence-electron chi connectivity index (χ2n) is 3.60. The van der Waals surface area contributed by atoms with E-state index in [4.69, 9.17) is 15.1 Å². The van der Waals surface area contributed by atoms with Crippen molar-refractivity contribution in [2.45, 2.75) is 24.8 Å². The molecule has 4 nitrogen and oxygen atoms in total. The van der Waals surface area contributed by atoms with E-state index in [1.807, 2.05) is 0 Å². The summed E-state index contributed by atoms with van der Waals surface area (Å²) in [7, 11) is 1.24. The summed E-state index contributed by atoms with van der Waals surface area (Å²) in [5.41, 5.74) is 0.448. The summed E-state index contributed by atoms with van der Waals surface area (Å²) >= 11 is 0. The molecule has 98 valence electrons. The van der Waals surface area contributed by atoms with Gasteiger partial charge >= 0.3 is 6.18 Å². The maximum Gasteiger partial charge on any atom is 0.414 e. The first-order valence-corrected chi connectivity index (χ1v) is 5.02. The highest BCUT2D eigenvalue weighted by Crippen LogP contribution is 2.29. The molecular formula is C11H11F3N2O2. The number of nitriles is 1. The van der Waals surface area contributed by atoms with Gasteiger partial charge < -0.3 is 9.84 Å². The molecule has 0 saturated carbocycles. The van der Waals surface area contributed by atoms with E-state index in [-0.39, 0.29) is 5.69 Å². The third kappa shape index (κ3) is 3.68. The molecule has 1 aromatic heterocycles. The summed E-state index contributed by atoms with van der Waals surface area (Å²) < 4.78 is 41.6. The lowest BCUT2D eigenvalue weighted by atomic mass is 10.0. The average Bonchev–Trinajstić information content (AvgIpc) is 2.34. The van der Waals surface area contributed by atoms with Crippen molar-refractivity contribution in [3.05, 3.63) is 29.6 Å². The molecule has 18 heavy (non-hydrogen) atoms. The minimum atomic E-state index is -4.69. The van der Waals surface area contributed by atoms with Gasteiger partial charge in [-0.05, 0) is 17.7 Å². The van der Waals surface area contributed by atoms with Crippen molar-refractivity contribution in [2.24, 2.45) is 0 Å². The van der Waals surface area contributed by atoms with Crippen molar-refractivity contribution in [1.29, 1.82) is 5.26 Å². The Bertz CT molecular complexity index is 443. The number of ether oxygens (including phenoxy) is 1. The van der Waals surface area contributed by atoms with E-state index in [1.54, 1.807) is 6.07 Å². The van der Waals surface area contributed by atoms with Crippen LogP contribution in [0.2, 0.25) is 0 Å². The number of rotatable bonds is 4. The summed E-state index contributed by atoms with van der Waals surface area (Å²) in [5.74, 6) is 0. The molecule has 0 aliphatic heterocycles. The summed E-state index contributed by atoms with van der Waals surface area (Å²) in [6.07, 6.45) is -7.44. The largest absolute Gasteiger partial charge is 0.414 e. The van der Waals surface area contributed by atoms with E-state index >= 15 is 0 Å². The quantitative estimate of drug-likeness (QED) is 0.898. The first-order valence-electron chi connectivity index (χ1n) is 5.02. The zero-order chi connectivity index (χ0) is 13.8. The number of methoxy groups -OCH3 is 1. The highest BCUT2D eigenvalue weighted by molar-refractivity contribution is 5.27. The Balaban J connectivity index is 2.87. The minimum absolute atomic E-state index is 0.0797. The lowest BCUT2D eigenvalue weighted by molar-refractivity contribution is -0.212. The Morgan fingerprint density at radius 2 is 2.22 bits per heavy atom. The molecule has 1 N–H and O–H groups in total. The number of aliphatic hydroxyl groups excluding tert-OH is 1. The van der Waals surface area contributed by atoms with Gasteiger partial charge in [-0.15, -0.1) is 0 Å². The first-order chi connectivity index (χ1) is 8.38. The van der Waals surface area contributed by atoms with Crippen LogP contribution >= 0.6 is 0 Å². The Labute approximate surface area is 102 Å². The molecule has 0 saturated heterocycles. The van der Waals surface area contributed by atoms with Gasteiger partial charge in [-0.1, -0.05) is 0 Å². The summed E-state index contributed by atoms with van der Waals surface area (Å²) in [5, 5.41) is 17.6. The van der Waals surface area contributed by atoms with Crippen molar-refractivity contribution < 1.29 is 23.0 Å². The minimum Gasteiger partial charge on any atom is -0.384 e. The molecular weight excluding hydrogens is 249 g/mol. The molecule has 1 aromatic rings. The van der Waals surface area contributed by atoms with Gasteiger partial charge in [0.05, 0.1) is 6.10 Å². The van der Waals surface area contributed by atoms with Crippen LogP contribution in [0.25, 0.3) is 0 Å². The Morgan fingerprint density at radius 3 is 2.72 bits per heavy atom. The third-order valence-corrected chi connectivity index (χ3v) is 2.37. The molecule has 0 bridgehead atoms. The maximum absolute atomic E-state index is 12.2. The van der Waals surface area contributed by atoms with Crippen LogP contribution in [0.4, 0.5) is 13.2 Å². The molecule has 0 fully saturated rings. The Morgan fingerprint density at radius 1 is 1.56 bits per heavy atom. The third-order valence-electron chi connectivity index (χ3n) is 2.37. The van der Waals surface area contributed by atoms with E-state index in [0.717, 1.165) is 0 Å². The molecule has 0 radical (unpaired) electrons. The molecule has 1 heterocycles. The topological polar surface area (TPSA) is 66.1 Å². The predicted octanol–water partition coefficient (Wildman–Crippen LogP) is 1.95. The van der Waals surface area contributed by atoms with Crippen LogP contribution in [-0.4, -0.2) is 29.5 Å². The second-order valence-corrected chi connectivity index (χ2v) is 3.60. The van der Waals surface area contributed by atoms with Gasteiger partial charge in [0.25, 0.3) is 0 Å². The highest BCUT2D eigenvalue weighted by Gasteiger charge is 2.39. The molecule has 0 spiro atoms. The zero-order valence-electron chi connectivity index (χ0n) is 9.48. The van der Waals surface area contributed by atoms with Crippen molar-refractivity contribution in [2.75, 3.05) is 7.11 Å². The Kier molecular flexibility index (Phi) is 4.64. The summed E-state index contributed by atoms with van der Waals surface area (Å²) in [4.78, 5) is 3.70. The van der Waals surface area contributed by atoms with E-state index < -0.39 is 24.8 Å². The first kappa shape index (κ1) is 14.4. The SMILES string of the molecule is COC(CC(O)C(F)(F)F)c1ccnc(C#N)c1. The van der Waals surface area contributed by atoms with Gasteiger partial charge in [0.1, 0.15) is 11.8 Å². The van der Waals surface area contributed by atoms with E-state index in [0.29, 0.717) is 5.56 Å². The normalized spacial score (nSPS) is 14.9. The fourth-order valence-electron chi connectivity index (χ4n) is 1.41. The van der Waals surface area contributed by atoms with Crippen molar-refractivity contribution in [3.8, 4) is 6.07 Å². The van der Waals surface area contributed by atoms with Crippen LogP contribution in [0.15, 0.2) is 18.3 Å². The number of alkyl halides is 3. The van der Waals surface area contributed by atoms with Gasteiger partial charge in [-0.3, -0.25) is 0 Å². The maximum atomic E-state index is 12.2. The number of aromatic nitrogens is 1. The van der Waals surface area contributed by atoms with Crippen LogP contribution in [0, 0.1) is 11.3 Å². The lowest BCUT2D eigenvalue weighted by Gasteiger charge is -2.21. The number of aliphatic hydroxyl groups is 1. The van der Waals surface area contributed by atoms with E-state index in [9.17, 15) is 13.2 Å². The number of pyridine rings is 1. The monoisotopic (exact) mass is 260 g/mol. The molecule has 2 unspecified atom stereocenters. The lowest BCUT2D eigenvalue weighted by Crippen LogP contribution is -2.30. The van der Waals surface area contributed by atoms with Gasteiger partial charge in [-0.25, -0.2) is 4.98 Å². The molecule has 0 aliphatic carbocycles. The standard InChI is InChI=1S/C11H11F3N2O2/c1-18-9(5-10(17)11(12,13)14)7-2-3-16-8(4-7)6-15/h2-4,9-10,17H,5H2,1H3. The van der Waals surface area contributed by atoms with Gasteiger partial charge in [0.15, 0.2) is 6.10 Å².